The zero-order valence-corrected chi connectivity index (χ0v) is 18.5. The van der Waals surface area contributed by atoms with E-state index in [0.717, 1.165) is 12.8 Å². The second kappa shape index (κ2) is 13.2. The van der Waals surface area contributed by atoms with E-state index in [1.54, 1.807) is 0 Å². The van der Waals surface area contributed by atoms with Gasteiger partial charge in [-0.2, -0.15) is 0 Å². The summed E-state index contributed by atoms with van der Waals surface area (Å²) in [6, 6.07) is 0. The van der Waals surface area contributed by atoms with Crippen molar-refractivity contribution in [2.75, 3.05) is 13.2 Å². The molecule has 21 heavy (non-hydrogen) atoms. The molecule has 0 aliphatic heterocycles. The third-order valence-corrected chi connectivity index (χ3v) is 7.48. The molecule has 0 radical (unpaired) electrons. The first-order valence-electron chi connectivity index (χ1n) is 8.72. The van der Waals surface area contributed by atoms with Gasteiger partial charge < -0.3 is 0 Å². The van der Waals surface area contributed by atoms with E-state index in [9.17, 15) is 4.57 Å². The first-order chi connectivity index (χ1) is 9.99. The number of rotatable bonds is 14. The Kier molecular flexibility index (Phi) is 13.7. The van der Waals surface area contributed by atoms with Gasteiger partial charge in [-0.1, -0.05) is 0 Å². The quantitative estimate of drug-likeness (QED) is 0.273. The Morgan fingerprint density at radius 1 is 0.857 bits per heavy atom. The molecule has 0 aromatic heterocycles. The van der Waals surface area contributed by atoms with Gasteiger partial charge in [0.15, 0.2) is 0 Å². The predicted octanol–water partition coefficient (Wildman–Crippen LogP) is 6.11. The number of unbranched alkanes of at least 4 members (excludes halogenated alkanes) is 2. The van der Waals surface area contributed by atoms with Gasteiger partial charge in [-0.25, -0.2) is 0 Å². The molecule has 0 aliphatic carbocycles. The van der Waals surface area contributed by atoms with Crippen LogP contribution in [0.2, 0.25) is 0 Å². The molecular weight excluding hydrogens is 337 g/mol. The Hall–Kier alpha value is 0.773. The second-order valence-corrected chi connectivity index (χ2v) is 12.6. The maximum absolute atomic E-state index is 12.4. The Bertz CT molecular complexity index is 263. The number of hydrogen-bond donors (Lipinski definition) is 0. The van der Waals surface area contributed by atoms with E-state index in [-0.39, 0.29) is 0 Å². The van der Waals surface area contributed by atoms with E-state index in [0.29, 0.717) is 42.9 Å². The topological polar surface area (TPSA) is 35.5 Å². The molecule has 0 saturated heterocycles. The van der Waals surface area contributed by atoms with Crippen LogP contribution >= 0.6 is 5.93 Å². The van der Waals surface area contributed by atoms with E-state index in [1.807, 2.05) is 0 Å². The summed E-state index contributed by atoms with van der Waals surface area (Å²) >= 11 is 0.599. The van der Waals surface area contributed by atoms with E-state index in [4.69, 9.17) is 9.05 Å². The van der Waals surface area contributed by atoms with Gasteiger partial charge in [0.2, 0.25) is 0 Å². The van der Waals surface area contributed by atoms with E-state index < -0.39 is 5.93 Å². The van der Waals surface area contributed by atoms with E-state index >= 15 is 0 Å². The molecule has 0 rings (SSSR count). The van der Waals surface area contributed by atoms with Gasteiger partial charge in [-0.15, -0.1) is 0 Å². The first kappa shape index (κ1) is 21.8. The van der Waals surface area contributed by atoms with Gasteiger partial charge in [-0.3, -0.25) is 0 Å². The summed E-state index contributed by atoms with van der Waals surface area (Å²) in [7, 11) is 0. The molecule has 2 atom stereocenters. The summed E-state index contributed by atoms with van der Waals surface area (Å²) in [6.45, 7) is 9.96. The van der Waals surface area contributed by atoms with Crippen molar-refractivity contribution in [3.63, 3.8) is 0 Å². The fourth-order valence-corrected chi connectivity index (χ4v) is 4.55. The minimum atomic E-state index is -2.77. The molecule has 0 aromatic rings. The molecule has 0 bridgehead atoms. The molecular formula is C16H34O3PZn. The Morgan fingerprint density at radius 3 is 1.52 bits per heavy atom. The van der Waals surface area contributed by atoms with Crippen molar-refractivity contribution in [3.05, 3.63) is 0 Å². The molecule has 0 amide bonds. The van der Waals surface area contributed by atoms with Crippen molar-refractivity contribution < 1.29 is 31.4 Å². The Balaban J connectivity index is 4.08. The standard InChI is InChI=1S/C16H34O3P.Zn/c1-5-9-11-15(7-3)13-18-20(17)19-14-16(8-4)12-10-6-2;/h15-16H,5-14H2,1-4H3;/q+1;-1. The molecule has 123 valence electrons. The van der Waals surface area contributed by atoms with Gasteiger partial charge >= 0.3 is 141 Å². The molecule has 3 nitrogen and oxygen atoms in total. The molecule has 2 unspecified atom stereocenters. The Labute approximate surface area is 141 Å². The summed E-state index contributed by atoms with van der Waals surface area (Å²) in [6.07, 6.45) is 9.38. The first-order valence-corrected chi connectivity index (χ1v) is 14.4. The van der Waals surface area contributed by atoms with Crippen molar-refractivity contribution in [2.24, 2.45) is 11.8 Å². The fourth-order valence-electron chi connectivity index (χ4n) is 2.27. The van der Waals surface area contributed by atoms with Gasteiger partial charge in [0.1, 0.15) is 0 Å². The molecule has 5 heteroatoms. The van der Waals surface area contributed by atoms with E-state index in [2.05, 4.69) is 27.7 Å². The van der Waals surface area contributed by atoms with Crippen LogP contribution in [0.4, 0.5) is 0 Å². The average Bonchev–Trinajstić information content (AvgIpc) is 2.47. The van der Waals surface area contributed by atoms with Crippen LogP contribution in [0.25, 0.3) is 0 Å². The van der Waals surface area contributed by atoms with Crippen LogP contribution in [0.3, 0.4) is 0 Å². The molecule has 0 heterocycles. The van der Waals surface area contributed by atoms with Crippen molar-refractivity contribution in [1.29, 1.82) is 0 Å². The van der Waals surface area contributed by atoms with Crippen molar-refractivity contribution in [2.45, 2.75) is 79.1 Å². The number of hydrogen-bond acceptors (Lipinski definition) is 3. The second-order valence-electron chi connectivity index (χ2n) is 6.04. The van der Waals surface area contributed by atoms with Gasteiger partial charge in [0.25, 0.3) is 0 Å². The fraction of sp³-hybridized carbons (Fsp3) is 1.00. The summed E-state index contributed by atoms with van der Waals surface area (Å²) in [5.74, 6) is -1.72. The summed E-state index contributed by atoms with van der Waals surface area (Å²) in [5.41, 5.74) is 0. The van der Waals surface area contributed by atoms with Crippen molar-refractivity contribution in [3.8, 4) is 0 Å². The zero-order chi connectivity index (χ0) is 16.1. The normalized spacial score (nSPS) is 17.4. The third kappa shape index (κ3) is 11.9. The van der Waals surface area contributed by atoms with Gasteiger partial charge in [0.05, 0.1) is 0 Å². The molecule has 0 saturated carbocycles. The van der Waals surface area contributed by atoms with E-state index in [1.165, 1.54) is 38.5 Å². The monoisotopic (exact) mass is 369 g/mol. The minimum absolute atomic E-state index is 0.524. The average molecular weight is 371 g/mol. The van der Waals surface area contributed by atoms with Crippen LogP contribution < -0.4 is 0 Å². The molecule has 0 spiro atoms. The van der Waals surface area contributed by atoms with Gasteiger partial charge in [-0.05, 0) is 0 Å². The molecule has 0 N–H and O–H groups in total. The maximum atomic E-state index is 12.4. The summed E-state index contributed by atoms with van der Waals surface area (Å²) in [5, 5.41) is 0. The van der Waals surface area contributed by atoms with Gasteiger partial charge in [0, 0.05) is 0 Å². The molecule has 0 fully saturated rings. The van der Waals surface area contributed by atoms with Crippen molar-refractivity contribution >= 4 is 5.93 Å². The van der Waals surface area contributed by atoms with Crippen LogP contribution in [0.15, 0.2) is 0 Å². The predicted molar refractivity (Wildman–Crippen MR) is 86.1 cm³/mol. The van der Waals surface area contributed by atoms with Crippen LogP contribution in [-0.2, 0) is 31.4 Å². The van der Waals surface area contributed by atoms with Crippen LogP contribution in [0.5, 0.6) is 0 Å². The Morgan fingerprint density at radius 2 is 1.24 bits per heavy atom. The molecule has 0 aliphatic rings. The van der Waals surface area contributed by atoms with Crippen molar-refractivity contribution in [1.82, 2.24) is 0 Å². The zero-order valence-electron chi connectivity index (χ0n) is 14.6. The van der Waals surface area contributed by atoms with Crippen LogP contribution in [0, 0.1) is 11.8 Å². The summed E-state index contributed by atoms with van der Waals surface area (Å²) in [4.78, 5) is 0. The SMILES string of the molecule is CCCCC(CC)CO[P](=O)([Zn])OCC(CC)CCCC. The third-order valence-electron chi connectivity index (χ3n) is 4.10. The van der Waals surface area contributed by atoms with Crippen LogP contribution in [-0.4, -0.2) is 13.2 Å². The molecule has 0 aromatic carbocycles. The summed E-state index contributed by atoms with van der Waals surface area (Å²) < 4.78 is 23.7. The van der Waals surface area contributed by atoms with Crippen LogP contribution in [0.1, 0.15) is 79.1 Å².